The lowest BCUT2D eigenvalue weighted by atomic mass is 9.68. The lowest BCUT2D eigenvalue weighted by Crippen LogP contribution is -2.28. The minimum Gasteiger partial charge on any atom is -0.491 e. The number of fused-ring (bicyclic) bond motifs is 3. The van der Waals surface area contributed by atoms with Gasteiger partial charge in [-0.1, -0.05) is 86.0 Å². The zero-order valence-corrected chi connectivity index (χ0v) is 27.5. The molecule has 4 aromatic carbocycles. The second-order valence-corrected chi connectivity index (χ2v) is 11.8. The summed E-state index contributed by atoms with van der Waals surface area (Å²) in [5.74, 6) is 0.930. The first kappa shape index (κ1) is 35.4. The summed E-state index contributed by atoms with van der Waals surface area (Å²) in [5, 5.41) is 19.8. The summed E-state index contributed by atoms with van der Waals surface area (Å²) in [6.07, 6.45) is 0.605. The maximum atomic E-state index is 11.4. The molecule has 0 aliphatic heterocycles. The zero-order valence-electron chi connectivity index (χ0n) is 27.5. The van der Waals surface area contributed by atoms with E-state index in [0.717, 1.165) is 11.1 Å². The molecule has 5 rings (SSSR count). The topological polar surface area (TPSA) is 112 Å². The normalized spacial score (nSPS) is 13.8. The van der Waals surface area contributed by atoms with E-state index in [-0.39, 0.29) is 50.8 Å². The number of ketones is 2. The van der Waals surface area contributed by atoms with Crippen molar-refractivity contribution in [3.05, 3.63) is 145 Å². The van der Waals surface area contributed by atoms with Crippen molar-refractivity contribution in [3.63, 3.8) is 0 Å². The maximum absolute atomic E-state index is 11.4. The van der Waals surface area contributed by atoms with Crippen molar-refractivity contribution in [3.8, 4) is 22.6 Å². The fourth-order valence-electron chi connectivity index (χ4n) is 6.25. The van der Waals surface area contributed by atoms with Gasteiger partial charge in [-0.2, -0.15) is 0 Å². The fraction of sp³-hybridized carbons (Fsp3) is 0.268. The van der Waals surface area contributed by atoms with Crippen molar-refractivity contribution in [2.75, 3.05) is 39.6 Å². The number of aliphatic hydroxyl groups is 2. The van der Waals surface area contributed by atoms with Gasteiger partial charge in [0.1, 0.15) is 24.7 Å². The first-order valence-corrected chi connectivity index (χ1v) is 16.3. The van der Waals surface area contributed by atoms with E-state index in [4.69, 9.17) is 18.9 Å². The van der Waals surface area contributed by atoms with Gasteiger partial charge in [0.2, 0.25) is 0 Å². The molecule has 2 unspecified atom stereocenters. The smallest absolute Gasteiger partial charge is 0.157 e. The third-order valence-electron chi connectivity index (χ3n) is 8.47. The molecular formula is C41H42O8. The Bertz CT molecular complexity index is 1600. The van der Waals surface area contributed by atoms with Crippen molar-refractivity contribution in [1.82, 2.24) is 0 Å². The third kappa shape index (κ3) is 8.42. The second kappa shape index (κ2) is 17.0. The van der Waals surface area contributed by atoms with Gasteiger partial charge < -0.3 is 29.2 Å². The summed E-state index contributed by atoms with van der Waals surface area (Å²) in [7, 11) is 0. The van der Waals surface area contributed by atoms with Gasteiger partial charge in [0.25, 0.3) is 0 Å². The van der Waals surface area contributed by atoms with Crippen LogP contribution < -0.4 is 9.47 Å². The van der Waals surface area contributed by atoms with Crippen LogP contribution in [0, 0.1) is 0 Å². The highest BCUT2D eigenvalue weighted by Gasteiger charge is 2.45. The molecule has 49 heavy (non-hydrogen) atoms. The number of hydrogen-bond acceptors (Lipinski definition) is 8. The summed E-state index contributed by atoms with van der Waals surface area (Å²) in [6.45, 7) is 8.05. The summed E-state index contributed by atoms with van der Waals surface area (Å²) in [5.41, 5.74) is 6.31. The Kier molecular flexibility index (Phi) is 12.3. The van der Waals surface area contributed by atoms with Crippen LogP contribution in [0.5, 0.6) is 11.5 Å². The van der Waals surface area contributed by atoms with Gasteiger partial charge in [-0.05, 0) is 69.8 Å². The molecule has 0 bridgehead atoms. The minimum atomic E-state index is -0.876. The van der Waals surface area contributed by atoms with E-state index in [1.165, 1.54) is 34.4 Å². The van der Waals surface area contributed by atoms with E-state index in [0.29, 0.717) is 24.7 Å². The molecule has 254 valence electrons. The summed E-state index contributed by atoms with van der Waals surface area (Å²) < 4.78 is 22.9. The molecule has 2 atom stereocenters. The van der Waals surface area contributed by atoms with Crippen LogP contribution >= 0.6 is 0 Å². The van der Waals surface area contributed by atoms with Crippen LogP contribution in [0.2, 0.25) is 0 Å². The highest BCUT2D eigenvalue weighted by atomic mass is 16.5. The van der Waals surface area contributed by atoms with Gasteiger partial charge in [-0.25, -0.2) is 0 Å². The van der Waals surface area contributed by atoms with Crippen molar-refractivity contribution in [2.45, 2.75) is 30.5 Å². The highest BCUT2D eigenvalue weighted by Crippen LogP contribution is 2.56. The molecule has 0 heterocycles. The lowest BCUT2D eigenvalue weighted by molar-refractivity contribution is -0.118. The summed E-state index contributed by atoms with van der Waals surface area (Å²) in [6, 6.07) is 33.2. The summed E-state index contributed by atoms with van der Waals surface area (Å²) >= 11 is 0. The SMILES string of the molecule is C=CC(=O)CC(O)COCCOc1ccc(C2(c3ccc(OCCOCC(O)CC(=O)C=C)cc3)c3ccccc3-c3ccccc32)cc1. The van der Waals surface area contributed by atoms with Crippen LogP contribution in [0.4, 0.5) is 0 Å². The standard InChI is InChI=1S/C41H42O8/c1-3-31(42)25-33(44)27-46-21-23-48-35-17-13-29(14-18-35)41(39-11-7-5-9-37(39)38-10-6-8-12-40(38)41)30-15-19-36(20-16-30)49-24-22-47-28-34(45)26-32(43)4-2/h3-20,33-34,44-45H,1-2,21-28H2. The first-order chi connectivity index (χ1) is 23.9. The molecule has 1 aliphatic carbocycles. The molecule has 0 spiro atoms. The highest BCUT2D eigenvalue weighted by molar-refractivity contribution is 5.90. The summed E-state index contributed by atoms with van der Waals surface area (Å²) in [4.78, 5) is 22.8. The number of allylic oxidation sites excluding steroid dienone is 2. The van der Waals surface area contributed by atoms with E-state index in [1.54, 1.807) is 0 Å². The molecule has 0 fully saturated rings. The Labute approximate surface area is 287 Å². The zero-order chi connectivity index (χ0) is 34.6. The molecule has 0 saturated heterocycles. The van der Waals surface area contributed by atoms with E-state index >= 15 is 0 Å². The average molecular weight is 663 g/mol. The van der Waals surface area contributed by atoms with Crippen LogP contribution in [0.3, 0.4) is 0 Å². The van der Waals surface area contributed by atoms with Crippen LogP contribution in [0.15, 0.2) is 122 Å². The van der Waals surface area contributed by atoms with E-state index in [9.17, 15) is 19.8 Å². The molecule has 8 heteroatoms. The number of aliphatic hydroxyl groups excluding tert-OH is 2. The number of rotatable bonds is 20. The molecule has 0 amide bonds. The van der Waals surface area contributed by atoms with Gasteiger partial charge in [0.15, 0.2) is 11.6 Å². The molecule has 1 aliphatic rings. The minimum absolute atomic E-state index is 0.0158. The Morgan fingerprint density at radius 3 is 1.37 bits per heavy atom. The van der Waals surface area contributed by atoms with Crippen LogP contribution in [0.25, 0.3) is 11.1 Å². The van der Waals surface area contributed by atoms with Crippen molar-refractivity contribution >= 4 is 11.6 Å². The number of carbonyl (C=O) groups is 2. The Morgan fingerprint density at radius 1 is 0.592 bits per heavy atom. The van der Waals surface area contributed by atoms with Crippen LogP contribution in [-0.2, 0) is 24.5 Å². The monoisotopic (exact) mass is 662 g/mol. The molecule has 2 N–H and O–H groups in total. The largest absolute Gasteiger partial charge is 0.491 e. The van der Waals surface area contributed by atoms with E-state index < -0.39 is 17.6 Å². The predicted molar refractivity (Wildman–Crippen MR) is 188 cm³/mol. The van der Waals surface area contributed by atoms with Gasteiger partial charge >= 0.3 is 0 Å². The number of hydrogen-bond donors (Lipinski definition) is 2. The van der Waals surface area contributed by atoms with Crippen molar-refractivity contribution < 1.29 is 38.7 Å². The van der Waals surface area contributed by atoms with Gasteiger partial charge in [0, 0.05) is 12.8 Å². The molecule has 0 radical (unpaired) electrons. The molecule has 4 aromatic rings. The van der Waals surface area contributed by atoms with E-state index in [1.807, 2.05) is 24.3 Å². The Morgan fingerprint density at radius 2 is 0.980 bits per heavy atom. The Hall–Kier alpha value is -4.86. The fourth-order valence-corrected chi connectivity index (χ4v) is 6.25. The van der Waals surface area contributed by atoms with Crippen molar-refractivity contribution in [1.29, 1.82) is 0 Å². The van der Waals surface area contributed by atoms with Crippen LogP contribution in [0.1, 0.15) is 35.1 Å². The number of ether oxygens (including phenoxy) is 4. The number of carbonyl (C=O) groups excluding carboxylic acids is 2. The molecular weight excluding hydrogens is 620 g/mol. The number of benzene rings is 4. The first-order valence-electron chi connectivity index (χ1n) is 16.3. The maximum Gasteiger partial charge on any atom is 0.157 e. The second-order valence-electron chi connectivity index (χ2n) is 11.8. The average Bonchev–Trinajstić information content (AvgIpc) is 3.43. The van der Waals surface area contributed by atoms with Crippen LogP contribution in [-0.4, -0.2) is 73.6 Å². The lowest BCUT2D eigenvalue weighted by Gasteiger charge is -2.34. The molecule has 8 nitrogen and oxygen atoms in total. The predicted octanol–water partition coefficient (Wildman–Crippen LogP) is 5.85. The van der Waals surface area contributed by atoms with E-state index in [2.05, 4.69) is 86.0 Å². The third-order valence-corrected chi connectivity index (χ3v) is 8.47. The van der Waals surface area contributed by atoms with Crippen molar-refractivity contribution in [2.24, 2.45) is 0 Å². The molecule has 0 saturated carbocycles. The Balaban J connectivity index is 1.30. The quantitative estimate of drug-likeness (QED) is 0.0789. The van der Waals surface area contributed by atoms with Gasteiger partial charge in [0.05, 0.1) is 44.1 Å². The van der Waals surface area contributed by atoms with Gasteiger partial charge in [-0.3, -0.25) is 9.59 Å². The van der Waals surface area contributed by atoms with Gasteiger partial charge in [-0.15, -0.1) is 0 Å². The molecule has 0 aromatic heterocycles.